The Labute approximate surface area is 204 Å². The summed E-state index contributed by atoms with van der Waals surface area (Å²) in [6.07, 6.45) is 2.27. The molecule has 10 heteroatoms. The molecular weight excluding hydrogens is 450 g/mol. The molecule has 34 heavy (non-hydrogen) atoms. The van der Waals surface area contributed by atoms with Gasteiger partial charge in [-0.05, 0) is 33.6 Å². The molecule has 0 aliphatic carbocycles. The van der Waals surface area contributed by atoms with E-state index in [1.165, 1.54) is 0 Å². The minimum absolute atomic E-state index is 0.00624. The summed E-state index contributed by atoms with van der Waals surface area (Å²) in [5.74, 6) is 0.906. The summed E-state index contributed by atoms with van der Waals surface area (Å²) in [4.78, 5) is 22.5. The van der Waals surface area contributed by atoms with Gasteiger partial charge in [-0.15, -0.1) is 5.10 Å². The lowest BCUT2D eigenvalue weighted by Crippen LogP contribution is -2.52. The quantitative estimate of drug-likeness (QED) is 0.576. The molecule has 3 aromatic rings. The molecule has 0 unspecified atom stereocenters. The summed E-state index contributed by atoms with van der Waals surface area (Å²) in [5.41, 5.74) is 1.84. The average molecular weight is 484 g/mol. The predicted octanol–water partition coefficient (Wildman–Crippen LogP) is 3.68. The largest absolute Gasteiger partial charge is 0.376 e. The summed E-state index contributed by atoms with van der Waals surface area (Å²) in [6, 6.07) is 10.2. The number of benzene rings is 1. The van der Waals surface area contributed by atoms with E-state index in [9.17, 15) is 4.79 Å². The molecule has 2 saturated heterocycles. The van der Waals surface area contributed by atoms with Crippen LogP contribution in [0.25, 0.3) is 16.2 Å². The van der Waals surface area contributed by atoms with Crippen LogP contribution in [0.3, 0.4) is 0 Å². The maximum Gasteiger partial charge on any atom is 0.317 e. The number of nitrogens with zero attached hydrogens (tertiary/aromatic N) is 5. The number of urea groups is 1. The number of anilines is 2. The molecule has 0 saturated carbocycles. The Morgan fingerprint density at radius 3 is 2.62 bits per heavy atom. The van der Waals surface area contributed by atoms with Crippen LogP contribution >= 0.6 is 11.3 Å². The highest BCUT2D eigenvalue weighted by Crippen LogP contribution is 2.34. The number of amides is 2. The first-order valence-electron chi connectivity index (χ1n) is 12.0. The molecule has 9 nitrogen and oxygen atoms in total. The Kier molecular flexibility index (Phi) is 6.35. The number of imidazole rings is 1. The molecule has 2 aliphatic rings. The minimum atomic E-state index is -0.133. The first-order valence-corrected chi connectivity index (χ1v) is 12.8. The fourth-order valence-corrected chi connectivity index (χ4v) is 5.30. The van der Waals surface area contributed by atoms with Crippen molar-refractivity contribution in [2.45, 2.75) is 45.3 Å². The van der Waals surface area contributed by atoms with Crippen molar-refractivity contribution in [1.82, 2.24) is 24.8 Å². The normalized spacial score (nSPS) is 19.1. The van der Waals surface area contributed by atoms with Gasteiger partial charge in [-0.25, -0.2) is 9.78 Å². The maximum atomic E-state index is 12.6. The highest BCUT2D eigenvalue weighted by molar-refractivity contribution is 7.20. The third kappa shape index (κ3) is 4.97. The third-order valence-corrected chi connectivity index (χ3v) is 7.05. The lowest BCUT2D eigenvalue weighted by atomic mass is 10.1. The van der Waals surface area contributed by atoms with Gasteiger partial charge < -0.3 is 25.2 Å². The van der Waals surface area contributed by atoms with Crippen LogP contribution in [-0.2, 0) is 4.74 Å². The van der Waals surface area contributed by atoms with Crippen molar-refractivity contribution in [3.05, 3.63) is 30.3 Å². The summed E-state index contributed by atoms with van der Waals surface area (Å²) < 4.78 is 7.53. The zero-order valence-electron chi connectivity index (χ0n) is 20.1. The SMILES string of the molecule is CC(C)(C)Nc1c(-c2ccccc2)nc2sc(N3CCN(C(=O)NC[C@H]4CCCO4)CC3)nn12. The van der Waals surface area contributed by atoms with Crippen LogP contribution in [0.1, 0.15) is 33.6 Å². The van der Waals surface area contributed by atoms with Crippen molar-refractivity contribution in [2.24, 2.45) is 0 Å². The van der Waals surface area contributed by atoms with E-state index >= 15 is 0 Å². The van der Waals surface area contributed by atoms with Gasteiger partial charge in [0, 0.05) is 50.4 Å². The maximum absolute atomic E-state index is 12.6. The van der Waals surface area contributed by atoms with Crippen LogP contribution in [0, 0.1) is 0 Å². The summed E-state index contributed by atoms with van der Waals surface area (Å²) in [6.45, 7) is 10.6. The molecule has 2 aliphatic heterocycles. The number of carbonyl (C=O) groups is 1. The lowest BCUT2D eigenvalue weighted by Gasteiger charge is -2.34. The molecule has 1 aromatic carbocycles. The number of hydrogen-bond donors (Lipinski definition) is 2. The molecule has 0 bridgehead atoms. The van der Waals surface area contributed by atoms with Gasteiger partial charge in [-0.3, -0.25) is 0 Å². The van der Waals surface area contributed by atoms with Gasteiger partial charge in [-0.1, -0.05) is 41.7 Å². The van der Waals surface area contributed by atoms with Gasteiger partial charge in [0.25, 0.3) is 0 Å². The van der Waals surface area contributed by atoms with Crippen molar-refractivity contribution < 1.29 is 9.53 Å². The van der Waals surface area contributed by atoms with E-state index in [-0.39, 0.29) is 17.7 Å². The van der Waals surface area contributed by atoms with Gasteiger partial charge in [0.05, 0.1) is 6.10 Å². The molecule has 0 radical (unpaired) electrons. The smallest absolute Gasteiger partial charge is 0.317 e. The Morgan fingerprint density at radius 1 is 1.18 bits per heavy atom. The van der Waals surface area contributed by atoms with Crippen LogP contribution < -0.4 is 15.5 Å². The molecule has 2 N–H and O–H groups in total. The first-order chi connectivity index (χ1) is 16.4. The molecule has 5 rings (SSSR count). The number of ether oxygens (including phenoxy) is 1. The molecular formula is C24H33N7O2S. The second-order valence-corrected chi connectivity index (χ2v) is 10.9. The van der Waals surface area contributed by atoms with Gasteiger partial charge in [0.1, 0.15) is 5.69 Å². The van der Waals surface area contributed by atoms with Crippen molar-refractivity contribution >= 4 is 33.3 Å². The Balaban J connectivity index is 1.29. The van der Waals surface area contributed by atoms with E-state index < -0.39 is 0 Å². The number of nitrogens with one attached hydrogen (secondary N) is 2. The molecule has 182 valence electrons. The molecule has 2 fully saturated rings. The summed E-state index contributed by atoms with van der Waals surface area (Å²) >= 11 is 1.59. The van der Waals surface area contributed by atoms with Gasteiger partial charge in [0.2, 0.25) is 10.1 Å². The highest BCUT2D eigenvalue weighted by Gasteiger charge is 2.27. The Morgan fingerprint density at radius 2 is 1.94 bits per heavy atom. The first kappa shape index (κ1) is 22.9. The zero-order valence-corrected chi connectivity index (χ0v) is 20.9. The van der Waals surface area contributed by atoms with Gasteiger partial charge in [-0.2, -0.15) is 4.52 Å². The van der Waals surface area contributed by atoms with Crippen LogP contribution in [-0.4, -0.2) is 76.5 Å². The highest BCUT2D eigenvalue weighted by atomic mass is 32.1. The van der Waals surface area contributed by atoms with E-state index in [2.05, 4.69) is 48.4 Å². The fraction of sp³-hybridized carbons (Fsp3) is 0.542. The summed E-state index contributed by atoms with van der Waals surface area (Å²) in [5, 5.41) is 12.5. The van der Waals surface area contributed by atoms with E-state index in [1.807, 2.05) is 27.6 Å². The molecule has 2 amide bonds. The van der Waals surface area contributed by atoms with E-state index in [1.54, 1.807) is 11.3 Å². The molecule has 1 atom stereocenters. The standard InChI is InChI=1S/C24H33N7O2S/c1-24(2,3)27-20-19(17-8-5-4-6-9-17)26-22-31(20)28-23(34-22)30-13-11-29(12-14-30)21(32)25-16-18-10-7-15-33-18/h4-6,8-9,18,27H,7,10-16H2,1-3H3,(H,25,32)/t18-/m1/s1. The molecule has 4 heterocycles. The van der Waals surface area contributed by atoms with Crippen LogP contribution in [0.15, 0.2) is 30.3 Å². The van der Waals surface area contributed by atoms with Crippen molar-refractivity contribution in [3.8, 4) is 11.3 Å². The topological polar surface area (TPSA) is 87.0 Å². The van der Waals surface area contributed by atoms with Crippen LogP contribution in [0.4, 0.5) is 15.7 Å². The number of fused-ring (bicyclic) bond motifs is 1. The number of hydrogen-bond acceptors (Lipinski definition) is 7. The van der Waals surface area contributed by atoms with Crippen LogP contribution in [0.2, 0.25) is 0 Å². The Hall–Kier alpha value is -2.85. The number of aromatic nitrogens is 3. The van der Waals surface area contributed by atoms with Crippen molar-refractivity contribution in [3.63, 3.8) is 0 Å². The minimum Gasteiger partial charge on any atom is -0.376 e. The monoisotopic (exact) mass is 483 g/mol. The number of carbonyl (C=O) groups excluding carboxylic acids is 1. The Bertz CT molecular complexity index is 1120. The fourth-order valence-electron chi connectivity index (χ4n) is 4.35. The molecule has 2 aromatic heterocycles. The lowest BCUT2D eigenvalue weighted by molar-refractivity contribution is 0.108. The van der Waals surface area contributed by atoms with E-state index in [4.69, 9.17) is 14.8 Å². The van der Waals surface area contributed by atoms with E-state index in [0.29, 0.717) is 19.6 Å². The number of piperazine rings is 1. The predicted molar refractivity (Wildman–Crippen MR) is 136 cm³/mol. The second kappa shape index (κ2) is 9.42. The average Bonchev–Trinajstić information content (AvgIpc) is 3.55. The summed E-state index contributed by atoms with van der Waals surface area (Å²) in [7, 11) is 0. The van der Waals surface area contributed by atoms with Gasteiger partial charge >= 0.3 is 6.03 Å². The second-order valence-electron chi connectivity index (χ2n) is 9.92. The third-order valence-electron chi connectivity index (χ3n) is 6.08. The zero-order chi connectivity index (χ0) is 23.7. The molecule has 0 spiro atoms. The van der Waals surface area contributed by atoms with Crippen LogP contribution in [0.5, 0.6) is 0 Å². The van der Waals surface area contributed by atoms with E-state index in [0.717, 1.165) is 59.7 Å². The number of rotatable bonds is 5. The van der Waals surface area contributed by atoms with Crippen molar-refractivity contribution in [2.75, 3.05) is 49.5 Å². The van der Waals surface area contributed by atoms with Gasteiger partial charge in [0.15, 0.2) is 5.82 Å². The van der Waals surface area contributed by atoms with Crippen molar-refractivity contribution in [1.29, 1.82) is 0 Å².